The summed E-state index contributed by atoms with van der Waals surface area (Å²) in [6, 6.07) is 16.3. The fraction of sp³-hybridized carbons (Fsp3) is 0.355. The number of benzene rings is 2. The summed E-state index contributed by atoms with van der Waals surface area (Å²) in [5.41, 5.74) is 3.45. The van der Waals surface area contributed by atoms with E-state index < -0.39 is 0 Å². The van der Waals surface area contributed by atoms with Crippen LogP contribution in [-0.4, -0.2) is 46.5 Å². The van der Waals surface area contributed by atoms with Crippen LogP contribution in [0, 0.1) is 12.8 Å². The molecule has 4 heterocycles. The summed E-state index contributed by atoms with van der Waals surface area (Å²) in [5, 5.41) is 8.82. The van der Waals surface area contributed by atoms with E-state index in [1.165, 1.54) is 0 Å². The largest absolute Gasteiger partial charge is 0.437 e. The van der Waals surface area contributed by atoms with Crippen LogP contribution in [0.25, 0.3) is 22.0 Å². The van der Waals surface area contributed by atoms with Crippen LogP contribution >= 0.6 is 0 Å². The van der Waals surface area contributed by atoms with E-state index in [4.69, 9.17) is 9.72 Å². The first-order chi connectivity index (χ1) is 19.1. The Balaban J connectivity index is 1.35. The van der Waals surface area contributed by atoms with Crippen LogP contribution in [0.1, 0.15) is 38.2 Å². The Hall–Kier alpha value is -4.04. The number of aromatic nitrogens is 3. The second-order valence-corrected chi connectivity index (χ2v) is 10.5. The molecule has 1 unspecified atom stereocenters. The van der Waals surface area contributed by atoms with Gasteiger partial charge in [-0.3, -0.25) is 4.79 Å². The van der Waals surface area contributed by atoms with Crippen LogP contribution in [0.15, 0.2) is 60.9 Å². The topological polar surface area (TPSA) is 92.3 Å². The molecule has 2 atom stereocenters. The second-order valence-electron chi connectivity index (χ2n) is 10.5. The van der Waals surface area contributed by atoms with E-state index in [1.807, 2.05) is 61.2 Å². The van der Waals surface area contributed by atoms with E-state index in [0.717, 1.165) is 84.3 Å². The molecule has 0 radical (unpaired) electrons. The Bertz CT molecular complexity index is 1500. The minimum atomic E-state index is 0.0351. The van der Waals surface area contributed by atoms with Gasteiger partial charge in [0.25, 0.3) is 0 Å². The summed E-state index contributed by atoms with van der Waals surface area (Å²) in [4.78, 5) is 28.8. The standard InChI is InChI=1S/C31H34N6O2/c1-20-12-13-23-24(9-3-11-27(23)37-18-6-7-21(2)30(37)38)28(20)39-29-25(10-5-16-33-29)26-14-17-34-31(36-26)35-22-8-4-15-32-19-22/h3,5,9-14,16-17,21-22,32H,4,6-8,15,18-19H2,1-2H3,(H,34,35,36)/t21?,22-/m0/s1. The molecule has 2 N–H and O–H groups in total. The average molecular weight is 523 g/mol. The number of hydrogen-bond acceptors (Lipinski definition) is 7. The van der Waals surface area contributed by atoms with Gasteiger partial charge in [0.15, 0.2) is 0 Å². The monoisotopic (exact) mass is 522 g/mol. The Morgan fingerprint density at radius 3 is 2.79 bits per heavy atom. The summed E-state index contributed by atoms with van der Waals surface area (Å²) >= 11 is 0. The predicted molar refractivity (Wildman–Crippen MR) is 154 cm³/mol. The first kappa shape index (κ1) is 25.2. The van der Waals surface area contributed by atoms with Crippen molar-refractivity contribution in [3.8, 4) is 22.9 Å². The third-order valence-electron chi connectivity index (χ3n) is 7.71. The van der Waals surface area contributed by atoms with E-state index in [0.29, 0.717) is 17.9 Å². The maximum absolute atomic E-state index is 13.0. The van der Waals surface area contributed by atoms with Gasteiger partial charge < -0.3 is 20.3 Å². The van der Waals surface area contributed by atoms with Gasteiger partial charge >= 0.3 is 0 Å². The number of nitrogens with zero attached hydrogens (tertiary/aromatic N) is 4. The SMILES string of the molecule is Cc1ccc2c(N3CCCC(C)C3=O)cccc2c1Oc1ncccc1-c1ccnc(N[C@H]2CCCNC2)n1. The molecule has 2 aliphatic rings. The average Bonchev–Trinajstić information content (AvgIpc) is 2.97. The maximum atomic E-state index is 13.0. The molecule has 0 bridgehead atoms. The molecule has 1 amide bonds. The minimum absolute atomic E-state index is 0.0351. The number of ether oxygens (including phenoxy) is 1. The van der Waals surface area contributed by atoms with Gasteiger partial charge in [0.1, 0.15) is 5.75 Å². The zero-order valence-electron chi connectivity index (χ0n) is 22.5. The third kappa shape index (κ3) is 5.16. The molecule has 200 valence electrons. The van der Waals surface area contributed by atoms with Crippen LogP contribution in [0.2, 0.25) is 0 Å². The van der Waals surface area contributed by atoms with Gasteiger partial charge in [0.2, 0.25) is 17.7 Å². The molecule has 2 saturated heterocycles. The number of anilines is 2. The van der Waals surface area contributed by atoms with Crippen LogP contribution in [0.4, 0.5) is 11.6 Å². The van der Waals surface area contributed by atoms with E-state index in [9.17, 15) is 4.79 Å². The number of nitrogens with one attached hydrogen (secondary N) is 2. The molecular weight excluding hydrogens is 488 g/mol. The predicted octanol–water partition coefficient (Wildman–Crippen LogP) is 5.72. The molecule has 8 heteroatoms. The third-order valence-corrected chi connectivity index (χ3v) is 7.71. The molecule has 2 aromatic heterocycles. The highest BCUT2D eigenvalue weighted by Crippen LogP contribution is 2.40. The number of carbonyl (C=O) groups excluding carboxylic acids is 1. The molecule has 2 aromatic carbocycles. The van der Waals surface area contributed by atoms with Crippen molar-refractivity contribution in [3.63, 3.8) is 0 Å². The number of aryl methyl sites for hydroxylation is 1. The Morgan fingerprint density at radius 2 is 1.92 bits per heavy atom. The van der Waals surface area contributed by atoms with Crippen LogP contribution in [0.5, 0.6) is 11.6 Å². The molecule has 2 fully saturated rings. The molecule has 6 rings (SSSR count). The van der Waals surface area contributed by atoms with Crippen molar-refractivity contribution in [3.05, 3.63) is 66.5 Å². The van der Waals surface area contributed by atoms with Gasteiger partial charge in [-0.15, -0.1) is 0 Å². The fourth-order valence-corrected chi connectivity index (χ4v) is 5.59. The highest BCUT2D eigenvalue weighted by Gasteiger charge is 2.28. The van der Waals surface area contributed by atoms with Crippen LogP contribution < -0.4 is 20.3 Å². The summed E-state index contributed by atoms with van der Waals surface area (Å²) in [6.07, 6.45) is 7.66. The van der Waals surface area contributed by atoms with Gasteiger partial charge in [-0.25, -0.2) is 15.0 Å². The number of carbonyl (C=O) groups is 1. The van der Waals surface area contributed by atoms with Crippen LogP contribution in [0.3, 0.4) is 0 Å². The van der Waals surface area contributed by atoms with Gasteiger partial charge in [0, 0.05) is 48.2 Å². The highest BCUT2D eigenvalue weighted by atomic mass is 16.5. The quantitative estimate of drug-likeness (QED) is 0.335. The second kappa shape index (κ2) is 11.0. The lowest BCUT2D eigenvalue weighted by Gasteiger charge is -2.31. The molecule has 8 nitrogen and oxygen atoms in total. The van der Waals surface area contributed by atoms with Crippen molar-refractivity contribution >= 4 is 28.3 Å². The molecule has 0 spiro atoms. The normalized spacial score (nSPS) is 19.7. The molecule has 2 aliphatic heterocycles. The minimum Gasteiger partial charge on any atom is -0.437 e. The van der Waals surface area contributed by atoms with Gasteiger partial charge in [-0.05, 0) is 69.0 Å². The molecule has 0 saturated carbocycles. The van der Waals surface area contributed by atoms with E-state index in [2.05, 4.69) is 26.7 Å². The van der Waals surface area contributed by atoms with Crippen molar-refractivity contribution in [2.75, 3.05) is 29.9 Å². The van der Waals surface area contributed by atoms with E-state index in [1.54, 1.807) is 12.4 Å². The lowest BCUT2D eigenvalue weighted by molar-refractivity contribution is -0.123. The summed E-state index contributed by atoms with van der Waals surface area (Å²) < 4.78 is 6.58. The van der Waals surface area contributed by atoms with Gasteiger partial charge in [-0.2, -0.15) is 0 Å². The molecule has 39 heavy (non-hydrogen) atoms. The lowest BCUT2D eigenvalue weighted by atomic mass is 9.97. The van der Waals surface area contributed by atoms with Crippen molar-refractivity contribution in [2.24, 2.45) is 5.92 Å². The number of piperidine rings is 2. The Kier molecular flexibility index (Phi) is 7.11. The zero-order valence-corrected chi connectivity index (χ0v) is 22.5. The lowest BCUT2D eigenvalue weighted by Crippen LogP contribution is -2.40. The summed E-state index contributed by atoms with van der Waals surface area (Å²) in [5.74, 6) is 2.02. The zero-order chi connectivity index (χ0) is 26.8. The number of hydrogen-bond donors (Lipinski definition) is 2. The maximum Gasteiger partial charge on any atom is 0.229 e. The fourth-order valence-electron chi connectivity index (χ4n) is 5.59. The number of amides is 1. The first-order valence-electron chi connectivity index (χ1n) is 13.9. The molecule has 0 aliphatic carbocycles. The van der Waals surface area contributed by atoms with Gasteiger partial charge in [0.05, 0.1) is 16.9 Å². The smallest absolute Gasteiger partial charge is 0.229 e. The van der Waals surface area contributed by atoms with E-state index >= 15 is 0 Å². The summed E-state index contributed by atoms with van der Waals surface area (Å²) in [7, 11) is 0. The first-order valence-corrected chi connectivity index (χ1v) is 13.9. The Labute approximate surface area is 228 Å². The highest BCUT2D eigenvalue weighted by molar-refractivity contribution is 6.06. The Morgan fingerprint density at radius 1 is 1.00 bits per heavy atom. The van der Waals surface area contributed by atoms with Crippen molar-refractivity contribution in [2.45, 2.75) is 45.6 Å². The number of pyridine rings is 1. The van der Waals surface area contributed by atoms with Gasteiger partial charge in [-0.1, -0.05) is 31.2 Å². The van der Waals surface area contributed by atoms with Crippen LogP contribution in [-0.2, 0) is 4.79 Å². The van der Waals surface area contributed by atoms with Crippen molar-refractivity contribution in [1.82, 2.24) is 20.3 Å². The molecular formula is C31H34N6O2. The number of rotatable bonds is 6. The molecule has 4 aromatic rings. The van der Waals surface area contributed by atoms with E-state index in [-0.39, 0.29) is 11.8 Å². The van der Waals surface area contributed by atoms with Crippen molar-refractivity contribution < 1.29 is 9.53 Å². The summed E-state index contributed by atoms with van der Waals surface area (Å²) in [6.45, 7) is 6.74. The number of fused-ring (bicyclic) bond motifs is 1. The van der Waals surface area contributed by atoms with Crippen molar-refractivity contribution in [1.29, 1.82) is 0 Å².